The number of benzene rings is 3. The molecule has 1 heterocycles. The number of carbonyl (C=O) groups excluding carboxylic acids is 2. The number of para-hydroxylation sites is 2. The smallest absolute Gasteiger partial charge is 0.406 e. The number of nitrogens with zero attached hydrogens (tertiary/aromatic N) is 2. The van der Waals surface area contributed by atoms with Crippen molar-refractivity contribution in [1.82, 2.24) is 4.90 Å². The van der Waals surface area contributed by atoms with Crippen LogP contribution in [0, 0.1) is 5.82 Å². The third-order valence-electron chi connectivity index (χ3n) is 5.39. The van der Waals surface area contributed by atoms with Crippen molar-refractivity contribution < 1.29 is 31.9 Å². The first-order valence-electron chi connectivity index (χ1n) is 10.8. The summed E-state index contributed by atoms with van der Waals surface area (Å²) in [4.78, 5) is 29.0. The van der Waals surface area contributed by atoms with Crippen LogP contribution < -0.4 is 15.0 Å². The average Bonchev–Trinajstić information content (AvgIpc) is 2.82. The number of rotatable bonds is 6. The van der Waals surface area contributed by atoms with Crippen LogP contribution in [0.2, 0.25) is 0 Å². The summed E-state index contributed by atoms with van der Waals surface area (Å²) >= 11 is 0. The van der Waals surface area contributed by atoms with Gasteiger partial charge >= 0.3 is 12.4 Å². The Morgan fingerprint density at radius 3 is 2.31 bits per heavy atom. The predicted octanol–water partition coefficient (Wildman–Crippen LogP) is 5.81. The molecule has 1 aliphatic rings. The third-order valence-corrected chi connectivity index (χ3v) is 5.39. The van der Waals surface area contributed by atoms with E-state index in [9.17, 15) is 27.2 Å². The van der Waals surface area contributed by atoms with Crippen LogP contribution in [-0.4, -0.2) is 36.3 Å². The van der Waals surface area contributed by atoms with Gasteiger partial charge in [0.25, 0.3) is 5.91 Å². The van der Waals surface area contributed by atoms with Gasteiger partial charge < -0.3 is 15.0 Å². The summed E-state index contributed by atoms with van der Waals surface area (Å²) in [7, 11) is 0. The van der Waals surface area contributed by atoms with Crippen LogP contribution >= 0.6 is 0 Å². The Bertz CT molecular complexity index is 1200. The molecule has 3 aromatic rings. The number of hydrogen-bond donors (Lipinski definition) is 1. The molecular formula is C25H21F4N3O3. The van der Waals surface area contributed by atoms with Crippen molar-refractivity contribution in [2.24, 2.45) is 0 Å². The lowest BCUT2D eigenvalue weighted by Crippen LogP contribution is -2.49. The van der Waals surface area contributed by atoms with Gasteiger partial charge in [0.05, 0.1) is 11.4 Å². The van der Waals surface area contributed by atoms with Crippen LogP contribution in [0.1, 0.15) is 22.3 Å². The average molecular weight is 487 g/mol. The summed E-state index contributed by atoms with van der Waals surface area (Å²) < 4.78 is 54.2. The monoisotopic (exact) mass is 487 g/mol. The van der Waals surface area contributed by atoms with E-state index in [-0.39, 0.29) is 23.9 Å². The van der Waals surface area contributed by atoms with Crippen molar-refractivity contribution in [2.75, 3.05) is 23.3 Å². The maximum absolute atomic E-state index is 13.3. The predicted molar refractivity (Wildman–Crippen MR) is 122 cm³/mol. The highest BCUT2D eigenvalue weighted by atomic mass is 19.4. The fraction of sp³-hybridized carbons (Fsp3) is 0.200. The van der Waals surface area contributed by atoms with E-state index in [1.54, 1.807) is 34.1 Å². The molecule has 3 amide bonds. The van der Waals surface area contributed by atoms with Crippen LogP contribution in [0.5, 0.6) is 5.75 Å². The van der Waals surface area contributed by atoms with Gasteiger partial charge in [-0.15, -0.1) is 13.2 Å². The molecule has 0 saturated carbocycles. The number of carbonyl (C=O) groups is 2. The molecule has 4 rings (SSSR count). The molecule has 0 bridgehead atoms. The summed E-state index contributed by atoms with van der Waals surface area (Å²) in [5.41, 5.74) is 1.84. The molecule has 0 atom stereocenters. The molecule has 10 heteroatoms. The number of urea groups is 1. The van der Waals surface area contributed by atoms with E-state index in [0.29, 0.717) is 36.4 Å². The molecule has 6 nitrogen and oxygen atoms in total. The zero-order valence-electron chi connectivity index (χ0n) is 18.4. The first kappa shape index (κ1) is 24.1. The number of alkyl halides is 3. The lowest BCUT2D eigenvalue weighted by molar-refractivity contribution is -0.274. The standard InChI is InChI=1S/C25H21F4N3O3/c26-19-10-8-18(9-11-19)23(33)30-21-4-1-2-5-22(21)32-15-3-14-31(24(32)34)16-17-6-12-20(13-7-17)35-25(27,28)29/h1-2,4-13H,3,14-16H2,(H,30,33). The topological polar surface area (TPSA) is 61.9 Å². The number of halogens is 4. The summed E-state index contributed by atoms with van der Waals surface area (Å²) in [5.74, 6) is -1.23. The zero-order chi connectivity index (χ0) is 25.0. The Morgan fingerprint density at radius 1 is 0.943 bits per heavy atom. The minimum absolute atomic E-state index is 0.200. The van der Waals surface area contributed by atoms with Crippen molar-refractivity contribution >= 4 is 23.3 Å². The highest BCUT2D eigenvalue weighted by Crippen LogP contribution is 2.30. The fourth-order valence-electron chi connectivity index (χ4n) is 3.78. The Balaban J connectivity index is 1.48. The summed E-state index contributed by atoms with van der Waals surface area (Å²) in [5, 5.41) is 2.77. The second kappa shape index (κ2) is 10.0. The number of hydrogen-bond acceptors (Lipinski definition) is 3. The minimum atomic E-state index is -4.77. The Morgan fingerprint density at radius 2 is 1.63 bits per heavy atom. The summed E-state index contributed by atoms with van der Waals surface area (Å²) in [6, 6.07) is 17.0. The zero-order valence-corrected chi connectivity index (χ0v) is 18.4. The molecule has 1 N–H and O–H groups in total. The lowest BCUT2D eigenvalue weighted by atomic mass is 10.1. The molecule has 3 aromatic carbocycles. The fourth-order valence-corrected chi connectivity index (χ4v) is 3.78. The van der Waals surface area contributed by atoms with Gasteiger partial charge in [0, 0.05) is 25.2 Å². The van der Waals surface area contributed by atoms with Crippen molar-refractivity contribution in [3.05, 3.63) is 89.7 Å². The van der Waals surface area contributed by atoms with Crippen LogP contribution in [0.25, 0.3) is 0 Å². The van der Waals surface area contributed by atoms with E-state index in [4.69, 9.17) is 0 Å². The summed E-state index contributed by atoms with van der Waals surface area (Å²) in [6.45, 7) is 1.10. The molecule has 0 radical (unpaired) electrons. The van der Waals surface area contributed by atoms with Crippen molar-refractivity contribution in [1.29, 1.82) is 0 Å². The van der Waals surface area contributed by atoms with Crippen LogP contribution in [-0.2, 0) is 6.54 Å². The second-order valence-corrected chi connectivity index (χ2v) is 7.88. The first-order valence-corrected chi connectivity index (χ1v) is 10.8. The molecule has 1 fully saturated rings. The van der Waals surface area contributed by atoms with Gasteiger partial charge in [-0.3, -0.25) is 9.69 Å². The Kier molecular flexibility index (Phi) is 6.90. The normalized spacial score (nSPS) is 14.1. The lowest BCUT2D eigenvalue weighted by Gasteiger charge is -2.36. The maximum Gasteiger partial charge on any atom is 0.573 e. The van der Waals surface area contributed by atoms with Crippen molar-refractivity contribution in [3.63, 3.8) is 0 Å². The molecule has 1 saturated heterocycles. The van der Waals surface area contributed by atoms with Crippen LogP contribution in [0.4, 0.5) is 33.7 Å². The van der Waals surface area contributed by atoms with Gasteiger partial charge in [-0.25, -0.2) is 9.18 Å². The number of anilines is 2. The molecule has 35 heavy (non-hydrogen) atoms. The highest BCUT2D eigenvalue weighted by Gasteiger charge is 2.31. The molecule has 1 aliphatic heterocycles. The van der Waals surface area contributed by atoms with E-state index in [1.165, 1.54) is 48.5 Å². The van der Waals surface area contributed by atoms with Gasteiger partial charge in [-0.1, -0.05) is 24.3 Å². The van der Waals surface area contributed by atoms with Gasteiger partial charge in [-0.2, -0.15) is 0 Å². The largest absolute Gasteiger partial charge is 0.573 e. The number of ether oxygens (including phenoxy) is 1. The first-order chi connectivity index (χ1) is 16.7. The molecule has 0 spiro atoms. The van der Waals surface area contributed by atoms with Gasteiger partial charge in [0.2, 0.25) is 0 Å². The van der Waals surface area contributed by atoms with E-state index >= 15 is 0 Å². The van der Waals surface area contributed by atoms with Crippen LogP contribution in [0.3, 0.4) is 0 Å². The number of amides is 3. The molecule has 0 unspecified atom stereocenters. The maximum atomic E-state index is 13.3. The van der Waals surface area contributed by atoms with Gasteiger partial charge in [0.15, 0.2) is 0 Å². The van der Waals surface area contributed by atoms with Gasteiger partial charge in [-0.05, 0) is 60.5 Å². The molecular weight excluding hydrogens is 466 g/mol. The second-order valence-electron chi connectivity index (χ2n) is 7.88. The highest BCUT2D eigenvalue weighted by molar-refractivity contribution is 6.07. The van der Waals surface area contributed by atoms with E-state index < -0.39 is 18.1 Å². The quantitative estimate of drug-likeness (QED) is 0.447. The van der Waals surface area contributed by atoms with Crippen molar-refractivity contribution in [2.45, 2.75) is 19.3 Å². The van der Waals surface area contributed by atoms with E-state index in [1.807, 2.05) is 0 Å². The van der Waals surface area contributed by atoms with Crippen LogP contribution in [0.15, 0.2) is 72.8 Å². The van der Waals surface area contributed by atoms with Crippen molar-refractivity contribution in [3.8, 4) is 5.75 Å². The van der Waals surface area contributed by atoms with E-state index in [0.717, 1.165) is 0 Å². The van der Waals surface area contributed by atoms with E-state index in [2.05, 4.69) is 10.1 Å². The number of nitrogens with one attached hydrogen (secondary N) is 1. The van der Waals surface area contributed by atoms with Gasteiger partial charge in [0.1, 0.15) is 11.6 Å². The Hall–Kier alpha value is -4.08. The SMILES string of the molecule is O=C(Nc1ccccc1N1CCCN(Cc2ccc(OC(F)(F)F)cc2)C1=O)c1ccc(F)cc1. The summed E-state index contributed by atoms with van der Waals surface area (Å²) in [6.07, 6.45) is -4.12. The molecule has 0 aromatic heterocycles. The third kappa shape index (κ3) is 6.08. The Labute approximate surface area is 198 Å². The molecule has 182 valence electrons. The molecule has 0 aliphatic carbocycles. The minimum Gasteiger partial charge on any atom is -0.406 e.